The van der Waals surface area contributed by atoms with Crippen molar-refractivity contribution in [2.75, 3.05) is 26.2 Å². The minimum absolute atomic E-state index is 0.226. The van der Waals surface area contributed by atoms with Crippen LogP contribution in [-0.4, -0.2) is 54.1 Å². The highest BCUT2D eigenvalue weighted by Crippen LogP contribution is 2.11. The molecule has 0 radical (unpaired) electrons. The number of amides is 1. The lowest BCUT2D eigenvalue weighted by Crippen LogP contribution is -2.46. The Balaban J connectivity index is 3.68. The monoisotopic (exact) mass is 244 g/mol. The third-order valence-corrected chi connectivity index (χ3v) is 1.62. The first-order valence-electron chi connectivity index (χ1n) is 4.54. The van der Waals surface area contributed by atoms with Crippen molar-refractivity contribution in [3.05, 3.63) is 0 Å². The Labute approximate surface area is 90.6 Å². The van der Waals surface area contributed by atoms with Crippen LogP contribution in [0.2, 0.25) is 0 Å². The molecule has 0 aromatic carbocycles. The van der Waals surface area contributed by atoms with Gasteiger partial charge < -0.3 is 20.8 Å². The lowest BCUT2D eigenvalue weighted by atomic mass is 10.1. The minimum Gasteiger partial charge on any atom is -0.393 e. The fraction of sp³-hybridized carbons (Fsp3) is 0.875. The third kappa shape index (κ3) is 8.45. The van der Waals surface area contributed by atoms with E-state index in [1.165, 1.54) is 6.92 Å². The summed E-state index contributed by atoms with van der Waals surface area (Å²) >= 11 is 0. The molecule has 0 rings (SSSR count). The molecule has 1 unspecified atom stereocenters. The van der Waals surface area contributed by atoms with E-state index in [0.717, 1.165) is 0 Å². The smallest absolute Gasteiger partial charge is 0.393 e. The van der Waals surface area contributed by atoms with E-state index in [1.807, 2.05) is 5.32 Å². The van der Waals surface area contributed by atoms with Gasteiger partial charge in [0, 0.05) is 6.54 Å². The van der Waals surface area contributed by atoms with Crippen LogP contribution in [0.15, 0.2) is 0 Å². The Morgan fingerprint density at radius 1 is 1.31 bits per heavy atom. The van der Waals surface area contributed by atoms with Crippen LogP contribution in [0.5, 0.6) is 0 Å². The van der Waals surface area contributed by atoms with Crippen LogP contribution in [0, 0.1) is 0 Å². The number of nitrogens with one attached hydrogen (secondary N) is 2. The van der Waals surface area contributed by atoms with Crippen molar-refractivity contribution in [3.8, 4) is 0 Å². The van der Waals surface area contributed by atoms with Crippen molar-refractivity contribution in [1.29, 1.82) is 0 Å². The van der Waals surface area contributed by atoms with Gasteiger partial charge in [0.05, 0.1) is 19.7 Å². The lowest BCUT2D eigenvalue weighted by molar-refractivity contribution is -0.129. The van der Waals surface area contributed by atoms with Gasteiger partial charge in [-0.25, -0.2) is 0 Å². The first-order chi connectivity index (χ1) is 7.16. The summed E-state index contributed by atoms with van der Waals surface area (Å²) in [5.41, 5.74) is -1.47. The molecule has 0 saturated carbocycles. The molecular formula is C8H15F3N2O3. The van der Waals surface area contributed by atoms with Crippen molar-refractivity contribution in [2.24, 2.45) is 0 Å². The molecular weight excluding hydrogens is 229 g/mol. The Morgan fingerprint density at radius 3 is 2.31 bits per heavy atom. The largest absolute Gasteiger partial charge is 0.401 e. The molecule has 0 aliphatic carbocycles. The number of halogens is 3. The molecule has 0 aliphatic rings. The van der Waals surface area contributed by atoms with Crippen LogP contribution in [0.25, 0.3) is 0 Å². The van der Waals surface area contributed by atoms with Crippen LogP contribution in [0.1, 0.15) is 6.92 Å². The number of carbonyl (C=O) groups is 1. The zero-order chi connectivity index (χ0) is 12.8. The van der Waals surface area contributed by atoms with E-state index < -0.39 is 37.4 Å². The molecule has 0 saturated heterocycles. The van der Waals surface area contributed by atoms with Crippen LogP contribution in [0.4, 0.5) is 13.2 Å². The molecule has 0 heterocycles. The van der Waals surface area contributed by atoms with E-state index in [1.54, 1.807) is 0 Å². The highest BCUT2D eigenvalue weighted by atomic mass is 19.4. The van der Waals surface area contributed by atoms with Crippen molar-refractivity contribution in [1.82, 2.24) is 10.6 Å². The first kappa shape index (κ1) is 15.1. The Bertz CT molecular complexity index is 231. The minimum atomic E-state index is -4.36. The molecule has 4 N–H and O–H groups in total. The summed E-state index contributed by atoms with van der Waals surface area (Å²) in [7, 11) is 0. The SMILES string of the molecule is CC(O)(CO)CNC(=O)CNCC(F)(F)F. The highest BCUT2D eigenvalue weighted by molar-refractivity contribution is 5.78. The maximum Gasteiger partial charge on any atom is 0.401 e. The van der Waals surface area contributed by atoms with Crippen molar-refractivity contribution in [3.63, 3.8) is 0 Å². The summed E-state index contributed by atoms with van der Waals surface area (Å²) in [5, 5.41) is 22.0. The first-order valence-corrected chi connectivity index (χ1v) is 4.54. The van der Waals surface area contributed by atoms with Gasteiger partial charge >= 0.3 is 6.18 Å². The molecule has 0 aromatic rings. The summed E-state index contributed by atoms with van der Waals surface area (Å²) < 4.78 is 35.0. The number of hydrogen-bond donors (Lipinski definition) is 4. The van der Waals surface area contributed by atoms with Gasteiger partial charge in [0.2, 0.25) is 5.91 Å². The number of aliphatic hydroxyl groups is 2. The van der Waals surface area contributed by atoms with Gasteiger partial charge in [0.15, 0.2) is 0 Å². The van der Waals surface area contributed by atoms with Crippen LogP contribution in [-0.2, 0) is 4.79 Å². The Kier molecular flexibility index (Phi) is 5.70. The van der Waals surface area contributed by atoms with Gasteiger partial charge in [0.1, 0.15) is 5.60 Å². The predicted octanol–water partition coefficient (Wildman–Crippen LogP) is -1.00. The van der Waals surface area contributed by atoms with E-state index >= 15 is 0 Å². The van der Waals surface area contributed by atoms with E-state index in [4.69, 9.17) is 5.11 Å². The topological polar surface area (TPSA) is 81.6 Å². The van der Waals surface area contributed by atoms with Gasteiger partial charge in [-0.15, -0.1) is 0 Å². The average molecular weight is 244 g/mol. The van der Waals surface area contributed by atoms with Gasteiger partial charge in [0.25, 0.3) is 0 Å². The summed E-state index contributed by atoms with van der Waals surface area (Å²) in [6, 6.07) is 0. The number of rotatable bonds is 6. The quantitative estimate of drug-likeness (QED) is 0.483. The van der Waals surface area contributed by atoms with E-state index in [2.05, 4.69) is 5.32 Å². The lowest BCUT2D eigenvalue weighted by Gasteiger charge is -2.20. The number of carbonyl (C=O) groups excluding carboxylic acids is 1. The van der Waals surface area contributed by atoms with Crippen LogP contribution >= 0.6 is 0 Å². The van der Waals surface area contributed by atoms with Crippen LogP contribution in [0.3, 0.4) is 0 Å². The molecule has 1 amide bonds. The van der Waals surface area contributed by atoms with E-state index in [-0.39, 0.29) is 6.54 Å². The number of alkyl halides is 3. The van der Waals surface area contributed by atoms with E-state index in [0.29, 0.717) is 0 Å². The second-order valence-corrected chi connectivity index (χ2v) is 3.65. The van der Waals surface area contributed by atoms with Gasteiger partial charge in [-0.3, -0.25) is 4.79 Å². The summed E-state index contributed by atoms with van der Waals surface area (Å²) in [5.74, 6) is -0.682. The summed E-state index contributed by atoms with van der Waals surface area (Å²) in [6.07, 6.45) is -4.36. The third-order valence-electron chi connectivity index (χ3n) is 1.62. The Morgan fingerprint density at radius 2 is 1.88 bits per heavy atom. The molecule has 8 heteroatoms. The van der Waals surface area contributed by atoms with E-state index in [9.17, 15) is 23.1 Å². The zero-order valence-electron chi connectivity index (χ0n) is 8.76. The molecule has 96 valence electrons. The fourth-order valence-electron chi connectivity index (χ4n) is 0.725. The van der Waals surface area contributed by atoms with Crippen molar-refractivity contribution in [2.45, 2.75) is 18.7 Å². The highest BCUT2D eigenvalue weighted by Gasteiger charge is 2.26. The predicted molar refractivity (Wildman–Crippen MR) is 49.6 cm³/mol. The molecule has 0 aliphatic heterocycles. The second kappa shape index (κ2) is 6.02. The molecule has 0 aromatic heterocycles. The standard InChI is InChI=1S/C8H15F3N2O3/c1-7(16,5-14)3-13-6(15)2-12-4-8(9,10)11/h12,14,16H,2-5H2,1H3,(H,13,15). The average Bonchev–Trinajstić information content (AvgIpc) is 2.13. The normalized spacial score (nSPS) is 15.6. The second-order valence-electron chi connectivity index (χ2n) is 3.65. The van der Waals surface area contributed by atoms with Gasteiger partial charge in [-0.2, -0.15) is 13.2 Å². The molecule has 0 spiro atoms. The molecule has 16 heavy (non-hydrogen) atoms. The molecule has 5 nitrogen and oxygen atoms in total. The summed E-state index contributed by atoms with van der Waals surface area (Å²) in [4.78, 5) is 11.0. The number of aliphatic hydroxyl groups excluding tert-OH is 1. The molecule has 1 atom stereocenters. The molecule has 0 fully saturated rings. The Hall–Kier alpha value is -0.860. The summed E-state index contributed by atoms with van der Waals surface area (Å²) in [6.45, 7) is -1.24. The maximum absolute atomic E-state index is 11.7. The van der Waals surface area contributed by atoms with Crippen molar-refractivity contribution < 1.29 is 28.2 Å². The zero-order valence-corrected chi connectivity index (χ0v) is 8.76. The van der Waals surface area contributed by atoms with Crippen LogP contribution < -0.4 is 10.6 Å². The van der Waals surface area contributed by atoms with Gasteiger partial charge in [-0.05, 0) is 6.92 Å². The fourth-order valence-corrected chi connectivity index (χ4v) is 0.725. The number of hydrogen-bond acceptors (Lipinski definition) is 4. The molecule has 0 bridgehead atoms. The maximum atomic E-state index is 11.7. The van der Waals surface area contributed by atoms with Crippen molar-refractivity contribution >= 4 is 5.91 Å². The van der Waals surface area contributed by atoms with Gasteiger partial charge in [-0.1, -0.05) is 0 Å².